The first kappa shape index (κ1) is 19.2. The maximum Gasteiger partial charge on any atom is 0.0682 e. The summed E-state index contributed by atoms with van der Waals surface area (Å²) in [5.41, 5.74) is 2.10. The Morgan fingerprint density at radius 2 is 1.30 bits per heavy atom. The smallest absolute Gasteiger partial charge is 0.0682 e. The molecule has 0 fully saturated rings. The zero-order valence-electron chi connectivity index (χ0n) is 10.2. The maximum absolute atomic E-state index is 8.76. The lowest BCUT2D eigenvalue weighted by molar-refractivity contribution is 0.281. The van der Waals surface area contributed by atoms with Crippen LogP contribution in [0.25, 0.3) is 0 Å². The highest BCUT2D eigenvalue weighted by Crippen LogP contribution is 2.18. The number of hydrogen-bond acceptors (Lipinski definition) is 1. The second-order valence-corrected chi connectivity index (χ2v) is 8.44. The minimum absolute atomic E-state index is 0.107. The van der Waals surface area contributed by atoms with Gasteiger partial charge in [0.2, 0.25) is 0 Å². The van der Waals surface area contributed by atoms with Crippen LogP contribution >= 0.6 is 88.6 Å². The van der Waals surface area contributed by atoms with Crippen LogP contribution in [-0.2, 0) is 12.5 Å². The number of benzene rings is 2. The van der Waals surface area contributed by atoms with Gasteiger partial charge in [-0.2, -0.15) is 0 Å². The average molecular weight is 644 g/mol. The summed E-state index contributed by atoms with van der Waals surface area (Å²) >= 11 is 16.9. The molecule has 0 aliphatic rings. The van der Waals surface area contributed by atoms with Gasteiger partial charge in [0.05, 0.1) is 6.61 Å². The van der Waals surface area contributed by atoms with Crippen LogP contribution in [0, 0.1) is 7.14 Å². The number of rotatable bonds is 2. The molecule has 2 rings (SSSR count). The monoisotopic (exact) mass is 642 g/mol. The SMILES string of the molecule is ClCc1cc(Br)cc(I)c1.OCc1cc(Br)cc(I)c1. The standard InChI is InChI=1S/C7H5BrClI.C7H6BrIO/c8-6-1-5(4-9)2-7(10)3-6;8-6-1-5(4-10)2-7(9)3-6/h1-3H,4H2;1-3,10H,4H2. The Balaban J connectivity index is 0.000000200. The van der Waals surface area contributed by atoms with Crippen molar-refractivity contribution < 1.29 is 5.11 Å². The molecule has 20 heavy (non-hydrogen) atoms. The van der Waals surface area contributed by atoms with E-state index < -0.39 is 0 Å². The molecule has 0 saturated heterocycles. The number of halogens is 5. The Hall–Kier alpha value is 1.11. The van der Waals surface area contributed by atoms with Gasteiger partial charge in [0.25, 0.3) is 0 Å². The lowest BCUT2D eigenvalue weighted by Gasteiger charge is -1.97. The van der Waals surface area contributed by atoms with Gasteiger partial charge in [0, 0.05) is 22.0 Å². The Morgan fingerprint density at radius 1 is 0.850 bits per heavy atom. The highest BCUT2D eigenvalue weighted by Gasteiger charge is 1.95. The van der Waals surface area contributed by atoms with E-state index >= 15 is 0 Å². The fourth-order valence-corrected chi connectivity index (χ4v) is 4.95. The summed E-state index contributed by atoms with van der Waals surface area (Å²) in [5, 5.41) is 8.76. The Morgan fingerprint density at radius 3 is 1.70 bits per heavy atom. The Bertz CT molecular complexity index is 487. The molecule has 0 heterocycles. The minimum atomic E-state index is 0.107. The van der Waals surface area contributed by atoms with Gasteiger partial charge in [0.1, 0.15) is 0 Å². The number of hydrogen-bond donors (Lipinski definition) is 1. The molecule has 0 spiro atoms. The molecule has 0 aromatic heterocycles. The van der Waals surface area contributed by atoms with E-state index in [9.17, 15) is 0 Å². The molecule has 0 bridgehead atoms. The molecule has 108 valence electrons. The molecule has 2 aromatic carbocycles. The fourth-order valence-electron chi connectivity index (χ4n) is 1.39. The summed E-state index contributed by atoms with van der Waals surface area (Å²) < 4.78 is 4.46. The van der Waals surface area contributed by atoms with Gasteiger partial charge in [0.15, 0.2) is 0 Å². The van der Waals surface area contributed by atoms with Crippen LogP contribution in [0.2, 0.25) is 0 Å². The molecule has 1 N–H and O–H groups in total. The van der Waals surface area contributed by atoms with E-state index in [4.69, 9.17) is 16.7 Å². The summed E-state index contributed by atoms with van der Waals surface area (Å²) in [4.78, 5) is 0. The molecule has 1 nitrogen and oxygen atoms in total. The molecule has 0 atom stereocenters. The van der Waals surface area contributed by atoms with Crippen LogP contribution in [-0.4, -0.2) is 5.11 Å². The first-order chi connectivity index (χ1) is 9.44. The zero-order chi connectivity index (χ0) is 15.1. The van der Waals surface area contributed by atoms with Crippen molar-refractivity contribution in [2.45, 2.75) is 12.5 Å². The van der Waals surface area contributed by atoms with Gasteiger partial charge in [-0.25, -0.2) is 0 Å². The second-order valence-electron chi connectivity index (χ2n) is 3.85. The Labute approximate surface area is 168 Å². The van der Waals surface area contributed by atoms with E-state index in [1.807, 2.05) is 24.3 Å². The third-order valence-electron chi connectivity index (χ3n) is 2.18. The predicted molar refractivity (Wildman–Crippen MR) is 109 cm³/mol. The van der Waals surface area contributed by atoms with Crippen LogP contribution in [0.4, 0.5) is 0 Å². The van der Waals surface area contributed by atoms with E-state index in [2.05, 4.69) is 89.2 Å². The number of alkyl halides is 1. The second kappa shape index (κ2) is 9.99. The van der Waals surface area contributed by atoms with E-state index in [0.717, 1.165) is 23.6 Å². The summed E-state index contributed by atoms with van der Waals surface area (Å²) in [6.45, 7) is 0.107. The van der Waals surface area contributed by atoms with Gasteiger partial charge in [-0.15, -0.1) is 11.6 Å². The Kier molecular flexibility index (Phi) is 9.57. The molecule has 0 saturated carbocycles. The van der Waals surface area contributed by atoms with Crippen molar-refractivity contribution >= 4 is 88.6 Å². The zero-order valence-corrected chi connectivity index (χ0v) is 18.5. The van der Waals surface area contributed by atoms with Crippen molar-refractivity contribution in [2.24, 2.45) is 0 Å². The van der Waals surface area contributed by atoms with E-state index in [0.29, 0.717) is 5.88 Å². The van der Waals surface area contributed by atoms with Gasteiger partial charge in [-0.3, -0.25) is 0 Å². The molecule has 2 aromatic rings. The van der Waals surface area contributed by atoms with Crippen LogP contribution in [0.5, 0.6) is 0 Å². The van der Waals surface area contributed by atoms with Crippen molar-refractivity contribution in [3.05, 3.63) is 63.6 Å². The molecule has 0 aliphatic heterocycles. The van der Waals surface area contributed by atoms with Gasteiger partial charge >= 0.3 is 0 Å². The van der Waals surface area contributed by atoms with Crippen LogP contribution in [0.3, 0.4) is 0 Å². The van der Waals surface area contributed by atoms with Crippen molar-refractivity contribution in [3.63, 3.8) is 0 Å². The molecule has 0 unspecified atom stereocenters. The van der Waals surface area contributed by atoms with E-state index in [-0.39, 0.29) is 6.61 Å². The molecule has 0 amide bonds. The van der Waals surface area contributed by atoms with E-state index in [1.54, 1.807) is 0 Å². The highest BCUT2D eigenvalue weighted by molar-refractivity contribution is 14.1. The fraction of sp³-hybridized carbons (Fsp3) is 0.143. The summed E-state index contributed by atoms with van der Waals surface area (Å²) in [6.07, 6.45) is 0. The maximum atomic E-state index is 8.76. The number of aliphatic hydroxyl groups is 1. The lowest BCUT2D eigenvalue weighted by Crippen LogP contribution is -1.83. The van der Waals surface area contributed by atoms with Crippen molar-refractivity contribution in [3.8, 4) is 0 Å². The van der Waals surface area contributed by atoms with Gasteiger partial charge in [-0.05, 0) is 92.7 Å². The van der Waals surface area contributed by atoms with Crippen molar-refractivity contribution in [2.75, 3.05) is 0 Å². The average Bonchev–Trinajstić information content (AvgIpc) is 2.37. The van der Waals surface area contributed by atoms with Gasteiger partial charge in [-0.1, -0.05) is 31.9 Å². The highest BCUT2D eigenvalue weighted by atomic mass is 127. The lowest BCUT2D eigenvalue weighted by atomic mass is 10.2. The third kappa shape index (κ3) is 7.40. The molecule has 0 radical (unpaired) electrons. The topological polar surface area (TPSA) is 20.2 Å². The van der Waals surface area contributed by atoms with Crippen molar-refractivity contribution in [1.82, 2.24) is 0 Å². The minimum Gasteiger partial charge on any atom is -0.392 e. The molecule has 6 heteroatoms. The first-order valence-corrected chi connectivity index (χ1v) is 9.79. The predicted octanol–water partition coefficient (Wildman–Crippen LogP) is 6.34. The molecular formula is C14H11Br2ClI2O. The molecular weight excluding hydrogens is 633 g/mol. The largest absolute Gasteiger partial charge is 0.392 e. The summed E-state index contributed by atoms with van der Waals surface area (Å²) in [6, 6.07) is 12.0. The van der Waals surface area contributed by atoms with E-state index in [1.165, 1.54) is 3.57 Å². The summed E-state index contributed by atoms with van der Waals surface area (Å²) in [5.74, 6) is 0.579. The third-order valence-corrected chi connectivity index (χ3v) is 4.65. The summed E-state index contributed by atoms with van der Waals surface area (Å²) in [7, 11) is 0. The van der Waals surface area contributed by atoms with Crippen molar-refractivity contribution in [1.29, 1.82) is 0 Å². The van der Waals surface area contributed by atoms with Crippen LogP contribution in [0.1, 0.15) is 11.1 Å². The molecule has 0 aliphatic carbocycles. The first-order valence-electron chi connectivity index (χ1n) is 5.51. The van der Waals surface area contributed by atoms with Gasteiger partial charge < -0.3 is 5.11 Å². The van der Waals surface area contributed by atoms with Crippen LogP contribution in [0.15, 0.2) is 45.3 Å². The normalized spacial score (nSPS) is 9.90. The quantitative estimate of drug-likeness (QED) is 0.299. The van der Waals surface area contributed by atoms with Crippen LogP contribution < -0.4 is 0 Å². The number of aliphatic hydroxyl groups excluding tert-OH is 1.